The van der Waals surface area contributed by atoms with Crippen LogP contribution in [0.2, 0.25) is 0 Å². The topological polar surface area (TPSA) is 80.2 Å². The molecule has 0 bridgehead atoms. The lowest BCUT2D eigenvalue weighted by Crippen LogP contribution is -2.31. The number of rotatable bonds is 5. The molecule has 0 aromatic heterocycles. The maximum Gasteiger partial charge on any atom is 0.247 e. The third-order valence-corrected chi connectivity index (χ3v) is 6.42. The molecule has 0 saturated carbocycles. The molecular weight excluding hydrogens is 457 g/mol. The Balaban J connectivity index is 1.36. The fourth-order valence-electron chi connectivity index (χ4n) is 3.65. The Labute approximate surface area is 199 Å². The van der Waals surface area contributed by atoms with Crippen molar-refractivity contribution in [2.75, 3.05) is 17.0 Å². The summed E-state index contributed by atoms with van der Waals surface area (Å²) in [6.45, 7) is 0.538. The van der Waals surface area contributed by atoms with E-state index in [1.165, 1.54) is 36.0 Å². The number of halogens is 1. The molecule has 172 valence electrons. The molecule has 1 atom stereocenters. The Kier molecular flexibility index (Phi) is 6.18. The molecule has 1 unspecified atom stereocenters. The molecule has 2 amide bonds. The summed E-state index contributed by atoms with van der Waals surface area (Å²) in [6.07, 6.45) is 0.0282. The standard InChI is InChI=1S/C25H20FN3O4S/c26-17-7-9-19(10-8-17)29-23(30)13-22(24(29)31)34-25(28-18-4-2-1-3-5-18)27-14-16-6-11-20-21(12-16)33-15-32-20/h1-12,22H,13-15H2,(H,27,28). The summed E-state index contributed by atoms with van der Waals surface area (Å²) in [6, 6.07) is 20.4. The van der Waals surface area contributed by atoms with E-state index in [4.69, 9.17) is 9.47 Å². The highest BCUT2D eigenvalue weighted by Gasteiger charge is 2.40. The average Bonchev–Trinajstić information content (AvgIpc) is 3.42. The van der Waals surface area contributed by atoms with E-state index in [9.17, 15) is 14.0 Å². The van der Waals surface area contributed by atoms with Crippen molar-refractivity contribution in [3.05, 3.63) is 84.2 Å². The molecule has 34 heavy (non-hydrogen) atoms. The molecular formula is C25H20FN3O4S. The average molecular weight is 478 g/mol. The first-order valence-corrected chi connectivity index (χ1v) is 11.5. The zero-order chi connectivity index (χ0) is 23.5. The van der Waals surface area contributed by atoms with Crippen LogP contribution in [0.15, 0.2) is 77.8 Å². The van der Waals surface area contributed by atoms with Gasteiger partial charge in [-0.1, -0.05) is 36.0 Å². The van der Waals surface area contributed by atoms with Crippen LogP contribution in [0.5, 0.6) is 11.5 Å². The van der Waals surface area contributed by atoms with E-state index < -0.39 is 11.1 Å². The van der Waals surface area contributed by atoms with Crippen molar-refractivity contribution >= 4 is 40.1 Å². The lowest BCUT2D eigenvalue weighted by molar-refractivity contribution is -0.121. The lowest BCUT2D eigenvalue weighted by atomic mass is 10.2. The molecule has 0 spiro atoms. The first-order chi connectivity index (χ1) is 16.6. The number of para-hydroxylation sites is 1. The number of carbonyl (C=O) groups excluding carboxylic acids is 2. The fraction of sp³-hybridized carbons (Fsp3) is 0.160. The predicted octanol–water partition coefficient (Wildman–Crippen LogP) is 4.59. The molecule has 1 saturated heterocycles. The first-order valence-electron chi connectivity index (χ1n) is 10.6. The van der Waals surface area contributed by atoms with Crippen molar-refractivity contribution in [1.82, 2.24) is 0 Å². The summed E-state index contributed by atoms with van der Waals surface area (Å²) >= 11 is 1.20. The molecule has 3 aromatic carbocycles. The number of thioether (sulfide) groups is 1. The van der Waals surface area contributed by atoms with Gasteiger partial charge in [0.1, 0.15) is 11.1 Å². The Hall–Kier alpha value is -3.85. The van der Waals surface area contributed by atoms with Gasteiger partial charge in [0.25, 0.3) is 0 Å². The molecule has 5 rings (SSSR count). The smallest absolute Gasteiger partial charge is 0.247 e. The number of benzene rings is 3. The van der Waals surface area contributed by atoms with Crippen LogP contribution in [-0.2, 0) is 16.1 Å². The van der Waals surface area contributed by atoms with Crippen LogP contribution < -0.4 is 19.7 Å². The number of ether oxygens (including phenoxy) is 2. The molecule has 3 aromatic rings. The summed E-state index contributed by atoms with van der Waals surface area (Å²) in [4.78, 5) is 31.5. The van der Waals surface area contributed by atoms with E-state index in [0.29, 0.717) is 28.9 Å². The highest BCUT2D eigenvalue weighted by Crippen LogP contribution is 2.34. The fourth-order valence-corrected chi connectivity index (χ4v) is 4.66. The SMILES string of the molecule is O=C1CC(SC(=NCc2ccc3c(c2)OCO3)Nc2ccccc2)C(=O)N1c1ccc(F)cc1. The minimum absolute atomic E-state index is 0.0282. The number of aliphatic imine (C=N–C) groups is 1. The van der Waals surface area contributed by atoms with Gasteiger partial charge in [0.05, 0.1) is 12.2 Å². The van der Waals surface area contributed by atoms with Crippen LogP contribution in [0.25, 0.3) is 0 Å². The van der Waals surface area contributed by atoms with Gasteiger partial charge in [-0.2, -0.15) is 0 Å². The van der Waals surface area contributed by atoms with Crippen molar-refractivity contribution < 1.29 is 23.5 Å². The van der Waals surface area contributed by atoms with Gasteiger partial charge in [0, 0.05) is 12.1 Å². The number of carbonyl (C=O) groups is 2. The normalized spacial score (nSPS) is 17.4. The maximum absolute atomic E-state index is 13.3. The molecule has 1 fully saturated rings. The Morgan fingerprint density at radius 3 is 2.59 bits per heavy atom. The van der Waals surface area contributed by atoms with Gasteiger partial charge < -0.3 is 14.8 Å². The molecule has 9 heteroatoms. The van der Waals surface area contributed by atoms with Crippen LogP contribution >= 0.6 is 11.8 Å². The zero-order valence-corrected chi connectivity index (χ0v) is 18.8. The van der Waals surface area contributed by atoms with Crippen LogP contribution in [0, 0.1) is 5.82 Å². The number of imide groups is 1. The van der Waals surface area contributed by atoms with Gasteiger partial charge in [-0.25, -0.2) is 9.29 Å². The van der Waals surface area contributed by atoms with Gasteiger partial charge in [0.15, 0.2) is 16.7 Å². The summed E-state index contributed by atoms with van der Waals surface area (Å²) in [5.74, 6) is 0.250. The number of nitrogens with zero attached hydrogens (tertiary/aromatic N) is 2. The molecule has 0 aliphatic carbocycles. The van der Waals surface area contributed by atoms with Crippen molar-refractivity contribution in [3.8, 4) is 11.5 Å². The summed E-state index contributed by atoms with van der Waals surface area (Å²) in [5, 5.41) is 3.11. The third kappa shape index (κ3) is 4.74. The van der Waals surface area contributed by atoms with Crippen molar-refractivity contribution in [3.63, 3.8) is 0 Å². The highest BCUT2D eigenvalue weighted by atomic mass is 32.2. The van der Waals surface area contributed by atoms with Crippen LogP contribution in [-0.4, -0.2) is 29.0 Å². The monoisotopic (exact) mass is 477 g/mol. The van der Waals surface area contributed by atoms with Gasteiger partial charge in [-0.05, 0) is 54.1 Å². The quantitative estimate of drug-likeness (QED) is 0.329. The van der Waals surface area contributed by atoms with E-state index in [-0.39, 0.29) is 25.0 Å². The van der Waals surface area contributed by atoms with Crippen molar-refractivity contribution in [2.45, 2.75) is 18.2 Å². The molecule has 0 radical (unpaired) electrons. The van der Waals surface area contributed by atoms with Gasteiger partial charge in [-0.3, -0.25) is 14.6 Å². The second kappa shape index (κ2) is 9.56. The predicted molar refractivity (Wildman–Crippen MR) is 129 cm³/mol. The van der Waals surface area contributed by atoms with Crippen LogP contribution in [0.1, 0.15) is 12.0 Å². The van der Waals surface area contributed by atoms with E-state index in [0.717, 1.165) is 16.2 Å². The minimum atomic E-state index is -0.649. The van der Waals surface area contributed by atoms with E-state index in [1.54, 1.807) is 0 Å². The maximum atomic E-state index is 13.3. The van der Waals surface area contributed by atoms with Gasteiger partial charge in [0.2, 0.25) is 18.6 Å². The zero-order valence-electron chi connectivity index (χ0n) is 17.9. The molecule has 2 heterocycles. The molecule has 1 N–H and O–H groups in total. The molecule has 2 aliphatic heterocycles. The summed E-state index contributed by atoms with van der Waals surface area (Å²) in [7, 11) is 0. The minimum Gasteiger partial charge on any atom is -0.454 e. The highest BCUT2D eigenvalue weighted by molar-refractivity contribution is 8.15. The summed E-state index contributed by atoms with van der Waals surface area (Å²) in [5.41, 5.74) is 2.08. The van der Waals surface area contributed by atoms with Crippen LogP contribution in [0.4, 0.5) is 15.8 Å². The number of fused-ring (bicyclic) bond motifs is 1. The summed E-state index contributed by atoms with van der Waals surface area (Å²) < 4.78 is 24.1. The number of amidine groups is 1. The largest absolute Gasteiger partial charge is 0.454 e. The second-order valence-corrected chi connectivity index (χ2v) is 8.85. The van der Waals surface area contributed by atoms with Crippen molar-refractivity contribution in [1.29, 1.82) is 0 Å². The van der Waals surface area contributed by atoms with Crippen molar-refractivity contribution in [2.24, 2.45) is 4.99 Å². The number of hydrogen-bond acceptors (Lipinski definition) is 6. The third-order valence-electron chi connectivity index (χ3n) is 5.31. The van der Waals surface area contributed by atoms with Gasteiger partial charge >= 0.3 is 0 Å². The first kappa shape index (κ1) is 22.0. The number of hydrogen-bond donors (Lipinski definition) is 1. The van der Waals surface area contributed by atoms with E-state index in [2.05, 4.69) is 10.3 Å². The van der Waals surface area contributed by atoms with Gasteiger partial charge in [-0.15, -0.1) is 0 Å². The Morgan fingerprint density at radius 2 is 1.79 bits per heavy atom. The molecule has 2 aliphatic rings. The number of amides is 2. The second-order valence-electron chi connectivity index (χ2n) is 7.65. The molecule has 7 nitrogen and oxygen atoms in total. The van der Waals surface area contributed by atoms with E-state index >= 15 is 0 Å². The Morgan fingerprint density at radius 1 is 1.03 bits per heavy atom. The van der Waals surface area contributed by atoms with Crippen LogP contribution in [0.3, 0.4) is 0 Å². The van der Waals surface area contributed by atoms with E-state index in [1.807, 2.05) is 48.5 Å². The Bertz CT molecular complexity index is 1250. The lowest BCUT2D eigenvalue weighted by Gasteiger charge is -2.16. The number of nitrogens with one attached hydrogen (secondary N) is 1. The number of anilines is 2.